The molecule has 0 saturated carbocycles. The zero-order valence-corrected chi connectivity index (χ0v) is 18.9. The van der Waals surface area contributed by atoms with Gasteiger partial charge in [0.1, 0.15) is 0 Å². The molecule has 2 N–H and O–H groups in total. The smallest absolute Gasteiger partial charge is 0.339 e. The van der Waals surface area contributed by atoms with Crippen molar-refractivity contribution in [2.45, 2.75) is 31.2 Å². The van der Waals surface area contributed by atoms with E-state index in [-0.39, 0.29) is 34.6 Å². The van der Waals surface area contributed by atoms with Crippen LogP contribution in [0.3, 0.4) is 0 Å². The van der Waals surface area contributed by atoms with Gasteiger partial charge in [0.15, 0.2) is 16.4 Å². The molecule has 1 saturated heterocycles. The number of carbonyl (C=O) groups excluding carboxylic acids is 3. The Hall–Kier alpha value is -2.59. The van der Waals surface area contributed by atoms with Crippen LogP contribution in [-0.4, -0.2) is 54.5 Å². The summed E-state index contributed by atoms with van der Waals surface area (Å²) in [4.78, 5) is 36.8. The Bertz CT molecular complexity index is 1140. The lowest BCUT2D eigenvalue weighted by Crippen LogP contribution is -2.17. The molecule has 3 rings (SSSR count). The topological polar surface area (TPSA) is 126 Å². The highest BCUT2D eigenvalue weighted by molar-refractivity contribution is 8.00. The maximum atomic E-state index is 12.7. The minimum absolute atomic E-state index is 0.0199. The zero-order chi connectivity index (χ0) is 22.8. The molecule has 1 aliphatic heterocycles. The number of aryl methyl sites for hydroxylation is 1. The number of ketones is 1. The molecular formula is C21H24N2O6S2. The molecule has 1 amide bonds. The maximum absolute atomic E-state index is 12.7. The van der Waals surface area contributed by atoms with Crippen molar-refractivity contribution < 1.29 is 27.5 Å². The predicted molar refractivity (Wildman–Crippen MR) is 117 cm³/mol. The molecular weight excluding hydrogens is 440 g/mol. The summed E-state index contributed by atoms with van der Waals surface area (Å²) in [6.07, 6.45) is 0.515. The minimum Gasteiger partial charge on any atom is -0.454 e. The number of carbonyl (C=O) groups is 3. The Balaban J connectivity index is 1.70. The van der Waals surface area contributed by atoms with Crippen molar-refractivity contribution in [2.75, 3.05) is 23.9 Å². The summed E-state index contributed by atoms with van der Waals surface area (Å²) in [6, 6.07) is 8.13. The van der Waals surface area contributed by atoms with Gasteiger partial charge in [-0.3, -0.25) is 9.59 Å². The second kappa shape index (κ2) is 9.27. The van der Waals surface area contributed by atoms with Crippen molar-refractivity contribution in [1.29, 1.82) is 0 Å². The van der Waals surface area contributed by atoms with Crippen LogP contribution < -0.4 is 5.73 Å². The fourth-order valence-corrected chi connectivity index (χ4v) is 6.28. The molecule has 1 fully saturated rings. The summed E-state index contributed by atoms with van der Waals surface area (Å²) < 4.78 is 30.8. The number of rotatable bonds is 8. The van der Waals surface area contributed by atoms with E-state index in [4.69, 9.17) is 10.5 Å². The van der Waals surface area contributed by atoms with Crippen molar-refractivity contribution >= 4 is 39.3 Å². The van der Waals surface area contributed by atoms with E-state index >= 15 is 0 Å². The van der Waals surface area contributed by atoms with Crippen LogP contribution in [0.1, 0.15) is 44.6 Å². The first-order valence-corrected chi connectivity index (χ1v) is 12.5. The number of Topliss-reactive ketones (excluding diaryl/α,β-unsaturated/α-hetero) is 1. The number of thioether (sulfide) groups is 1. The molecule has 1 atom stereocenters. The molecule has 1 aliphatic rings. The highest BCUT2D eigenvalue weighted by Crippen LogP contribution is 2.29. The molecule has 1 unspecified atom stereocenters. The number of sulfone groups is 1. The first kappa shape index (κ1) is 23.1. The normalized spacial score (nSPS) is 17.4. The second-order valence-electron chi connectivity index (χ2n) is 7.46. The third-order valence-corrected chi connectivity index (χ3v) is 8.02. The fourth-order valence-electron chi connectivity index (χ4n) is 3.80. The summed E-state index contributed by atoms with van der Waals surface area (Å²) >= 11 is 1.12. The average Bonchev–Trinajstić information content (AvgIpc) is 3.22. The van der Waals surface area contributed by atoms with Crippen molar-refractivity contribution in [3.05, 3.63) is 52.8 Å². The van der Waals surface area contributed by atoms with Crippen LogP contribution in [0.2, 0.25) is 0 Å². The van der Waals surface area contributed by atoms with Crippen LogP contribution in [0.5, 0.6) is 0 Å². The quantitative estimate of drug-likeness (QED) is 0.360. The van der Waals surface area contributed by atoms with Crippen molar-refractivity contribution in [2.24, 2.45) is 5.73 Å². The second-order valence-corrected chi connectivity index (χ2v) is 10.7. The van der Waals surface area contributed by atoms with Gasteiger partial charge in [0.25, 0.3) is 0 Å². The van der Waals surface area contributed by atoms with E-state index in [1.807, 2.05) is 11.5 Å². The first-order chi connectivity index (χ1) is 14.6. The van der Waals surface area contributed by atoms with E-state index in [9.17, 15) is 22.8 Å². The van der Waals surface area contributed by atoms with Crippen LogP contribution in [-0.2, 0) is 19.4 Å². The lowest BCUT2D eigenvalue weighted by molar-refractivity contribution is -0.115. The van der Waals surface area contributed by atoms with Crippen LogP contribution in [0, 0.1) is 13.8 Å². The Kier molecular flexibility index (Phi) is 6.90. The third-order valence-electron chi connectivity index (χ3n) is 5.17. The molecule has 2 heterocycles. The molecule has 2 aromatic rings. The highest BCUT2D eigenvalue weighted by atomic mass is 32.2. The van der Waals surface area contributed by atoms with Crippen LogP contribution >= 0.6 is 11.8 Å². The summed E-state index contributed by atoms with van der Waals surface area (Å²) in [5.74, 6) is -1.32. The zero-order valence-electron chi connectivity index (χ0n) is 17.3. The van der Waals surface area contributed by atoms with E-state index in [2.05, 4.69) is 0 Å². The van der Waals surface area contributed by atoms with Crippen molar-refractivity contribution in [1.82, 2.24) is 4.57 Å². The van der Waals surface area contributed by atoms with Crippen LogP contribution in [0.25, 0.3) is 0 Å². The SMILES string of the molecule is Cc1cc(C(=O)COC(=O)c2ccccc2SCC(N)=O)c(C)n1C1CCS(=O)(=O)C1. The highest BCUT2D eigenvalue weighted by Gasteiger charge is 2.31. The molecule has 31 heavy (non-hydrogen) atoms. The van der Waals surface area contributed by atoms with Gasteiger partial charge in [0, 0.05) is 27.9 Å². The van der Waals surface area contributed by atoms with Crippen LogP contribution in [0.15, 0.2) is 35.2 Å². The van der Waals surface area contributed by atoms with Crippen molar-refractivity contribution in [3.63, 3.8) is 0 Å². The van der Waals surface area contributed by atoms with Gasteiger partial charge in [-0.15, -0.1) is 11.8 Å². The number of benzene rings is 1. The van der Waals surface area contributed by atoms with Gasteiger partial charge in [-0.1, -0.05) is 12.1 Å². The predicted octanol–water partition coefficient (Wildman–Crippen LogP) is 2.08. The standard InChI is InChI=1S/C21H24N2O6S2/c1-13-9-17(14(2)23(13)15-7-8-31(27,28)12-15)18(24)10-29-21(26)16-5-3-4-6-19(16)30-11-20(22)25/h3-6,9,15H,7-8,10-12H2,1-2H3,(H2,22,25). The largest absolute Gasteiger partial charge is 0.454 e. The van der Waals surface area contributed by atoms with Gasteiger partial charge in [-0.25, -0.2) is 13.2 Å². The Morgan fingerprint density at radius 3 is 2.55 bits per heavy atom. The van der Waals surface area contributed by atoms with E-state index in [1.54, 1.807) is 37.3 Å². The number of aromatic nitrogens is 1. The van der Waals surface area contributed by atoms with E-state index < -0.39 is 28.3 Å². The van der Waals surface area contributed by atoms with E-state index in [0.717, 1.165) is 17.5 Å². The van der Waals surface area contributed by atoms with Gasteiger partial charge in [-0.05, 0) is 38.5 Å². The van der Waals surface area contributed by atoms with Crippen molar-refractivity contribution in [3.8, 4) is 0 Å². The number of nitrogens with two attached hydrogens (primary N) is 1. The number of esters is 1. The molecule has 0 spiro atoms. The number of ether oxygens (including phenoxy) is 1. The van der Waals surface area contributed by atoms with Gasteiger partial charge in [0.2, 0.25) is 11.7 Å². The van der Waals surface area contributed by atoms with Gasteiger partial charge in [0.05, 0.1) is 22.8 Å². The Labute approximate surface area is 185 Å². The molecule has 0 radical (unpaired) electrons. The van der Waals surface area contributed by atoms with Gasteiger partial charge >= 0.3 is 5.97 Å². The lowest BCUT2D eigenvalue weighted by Gasteiger charge is -2.16. The molecule has 0 aliphatic carbocycles. The summed E-state index contributed by atoms with van der Waals surface area (Å²) in [5, 5.41) is 0. The number of primary amides is 1. The third kappa shape index (κ3) is 5.37. The average molecular weight is 465 g/mol. The summed E-state index contributed by atoms with van der Waals surface area (Å²) in [6.45, 7) is 3.15. The number of hydrogen-bond donors (Lipinski definition) is 1. The molecule has 0 bridgehead atoms. The molecule has 166 valence electrons. The van der Waals surface area contributed by atoms with Gasteiger partial charge in [-0.2, -0.15) is 0 Å². The number of amides is 1. The first-order valence-electron chi connectivity index (χ1n) is 9.68. The Morgan fingerprint density at radius 2 is 1.90 bits per heavy atom. The molecule has 1 aromatic heterocycles. The minimum atomic E-state index is -3.06. The fraction of sp³-hybridized carbons (Fsp3) is 0.381. The van der Waals surface area contributed by atoms with Gasteiger partial charge < -0.3 is 15.0 Å². The van der Waals surface area contributed by atoms with Crippen LogP contribution in [0.4, 0.5) is 0 Å². The maximum Gasteiger partial charge on any atom is 0.339 e. The Morgan fingerprint density at radius 1 is 1.19 bits per heavy atom. The number of nitrogens with zero attached hydrogens (tertiary/aromatic N) is 1. The summed E-state index contributed by atoms with van der Waals surface area (Å²) in [5.41, 5.74) is 7.28. The monoisotopic (exact) mass is 464 g/mol. The lowest BCUT2D eigenvalue weighted by atomic mass is 10.1. The number of hydrogen-bond acceptors (Lipinski definition) is 7. The molecule has 8 nitrogen and oxygen atoms in total. The van der Waals surface area contributed by atoms with E-state index in [1.165, 1.54) is 0 Å². The molecule has 1 aromatic carbocycles. The molecule has 10 heteroatoms. The van der Waals surface area contributed by atoms with E-state index in [0.29, 0.717) is 22.6 Å². The summed E-state index contributed by atoms with van der Waals surface area (Å²) in [7, 11) is -3.06.